The molecule has 2 heterocycles. The minimum Gasteiger partial charge on any atom is -0.369 e. The summed E-state index contributed by atoms with van der Waals surface area (Å²) in [6.07, 6.45) is 4.16. The van der Waals surface area contributed by atoms with Crippen LogP contribution in [-0.4, -0.2) is 69.8 Å². The van der Waals surface area contributed by atoms with E-state index in [1.807, 2.05) is 24.3 Å². The van der Waals surface area contributed by atoms with E-state index in [4.69, 9.17) is 0 Å². The van der Waals surface area contributed by atoms with Crippen molar-refractivity contribution in [2.24, 2.45) is 5.92 Å². The molecule has 0 spiro atoms. The summed E-state index contributed by atoms with van der Waals surface area (Å²) in [4.78, 5) is 17.9. The second-order valence-electron chi connectivity index (χ2n) is 9.79. The van der Waals surface area contributed by atoms with E-state index in [-0.39, 0.29) is 11.8 Å². The first-order chi connectivity index (χ1) is 16.4. The van der Waals surface area contributed by atoms with Crippen molar-refractivity contribution in [1.29, 1.82) is 0 Å². The number of carbonyl (C=O) groups is 1. The highest BCUT2D eigenvalue weighted by atomic mass is 32.2. The molecule has 1 N–H and O–H groups in total. The van der Waals surface area contributed by atoms with Gasteiger partial charge in [-0.25, -0.2) is 8.42 Å². The molecule has 0 radical (unpaired) electrons. The number of hydrogen-bond donors (Lipinski definition) is 1. The van der Waals surface area contributed by atoms with Crippen molar-refractivity contribution in [1.82, 2.24) is 9.21 Å². The number of piperazine rings is 1. The molecule has 7 nitrogen and oxygen atoms in total. The van der Waals surface area contributed by atoms with Crippen LogP contribution in [0.1, 0.15) is 30.4 Å². The molecular formula is C26H34N4O3S. The van der Waals surface area contributed by atoms with Crippen LogP contribution in [0.25, 0.3) is 0 Å². The number of fused-ring (bicyclic) bond motifs is 1. The van der Waals surface area contributed by atoms with Crippen molar-refractivity contribution in [3.05, 3.63) is 53.6 Å². The Labute approximate surface area is 202 Å². The number of sulfonamides is 1. The van der Waals surface area contributed by atoms with Gasteiger partial charge in [0.25, 0.3) is 0 Å². The summed E-state index contributed by atoms with van der Waals surface area (Å²) >= 11 is 0. The van der Waals surface area contributed by atoms with Crippen molar-refractivity contribution in [2.75, 3.05) is 56.5 Å². The van der Waals surface area contributed by atoms with Crippen LogP contribution in [0.5, 0.6) is 0 Å². The van der Waals surface area contributed by atoms with E-state index >= 15 is 0 Å². The molecule has 1 amide bonds. The molecule has 0 unspecified atom stereocenters. The molecule has 3 aliphatic rings. The molecule has 2 aliphatic heterocycles. The molecule has 5 rings (SSSR count). The Morgan fingerprint density at radius 2 is 1.56 bits per heavy atom. The summed E-state index contributed by atoms with van der Waals surface area (Å²) in [5.41, 5.74) is 4.40. The fourth-order valence-electron chi connectivity index (χ4n) is 5.28. The first kappa shape index (κ1) is 23.3. The number of hydrogen-bond acceptors (Lipinski definition) is 5. The molecule has 2 saturated heterocycles. The Hall–Kier alpha value is -2.42. The van der Waals surface area contributed by atoms with E-state index in [1.165, 1.54) is 15.6 Å². The third-order valence-corrected chi connectivity index (χ3v) is 9.43. The highest BCUT2D eigenvalue weighted by molar-refractivity contribution is 7.89. The van der Waals surface area contributed by atoms with Crippen molar-refractivity contribution in [3.8, 4) is 0 Å². The molecule has 2 aromatic rings. The zero-order valence-electron chi connectivity index (χ0n) is 19.9. The van der Waals surface area contributed by atoms with E-state index in [9.17, 15) is 13.2 Å². The predicted molar refractivity (Wildman–Crippen MR) is 135 cm³/mol. The third-order valence-electron chi connectivity index (χ3n) is 7.54. The summed E-state index contributed by atoms with van der Waals surface area (Å²) in [7, 11) is -1.37. The number of likely N-dealkylation sites (N-methyl/N-ethyl adjacent to an activating group) is 1. The summed E-state index contributed by atoms with van der Waals surface area (Å²) in [5, 5.41) is 3.03. The van der Waals surface area contributed by atoms with Gasteiger partial charge in [0, 0.05) is 56.6 Å². The number of piperidine rings is 1. The van der Waals surface area contributed by atoms with Crippen molar-refractivity contribution in [3.63, 3.8) is 0 Å². The van der Waals surface area contributed by atoms with Gasteiger partial charge in [-0.05, 0) is 86.7 Å². The normalized spacial score (nSPS) is 20.3. The van der Waals surface area contributed by atoms with Crippen LogP contribution in [0, 0.1) is 5.92 Å². The second kappa shape index (κ2) is 9.68. The molecule has 1 aliphatic carbocycles. The fourth-order valence-corrected chi connectivity index (χ4v) is 6.80. The van der Waals surface area contributed by atoms with Gasteiger partial charge in [-0.1, -0.05) is 6.07 Å². The number of benzene rings is 2. The number of nitrogens with zero attached hydrogens (tertiary/aromatic N) is 3. The van der Waals surface area contributed by atoms with E-state index in [2.05, 4.69) is 34.3 Å². The predicted octanol–water partition coefficient (Wildman–Crippen LogP) is 2.97. The zero-order chi connectivity index (χ0) is 23.7. The molecule has 0 bridgehead atoms. The lowest BCUT2D eigenvalue weighted by Gasteiger charge is -2.34. The average Bonchev–Trinajstić information content (AvgIpc) is 3.33. The lowest BCUT2D eigenvalue weighted by atomic mass is 9.97. The number of rotatable bonds is 5. The summed E-state index contributed by atoms with van der Waals surface area (Å²) in [5.74, 6) is -0.203. The van der Waals surface area contributed by atoms with Crippen molar-refractivity contribution >= 4 is 27.3 Å². The maximum Gasteiger partial charge on any atom is 0.243 e. The van der Waals surface area contributed by atoms with Crippen molar-refractivity contribution < 1.29 is 13.2 Å². The number of aryl methyl sites for hydroxylation is 2. The average molecular weight is 483 g/mol. The quantitative estimate of drug-likeness (QED) is 0.709. The van der Waals surface area contributed by atoms with E-state index in [0.29, 0.717) is 30.8 Å². The highest BCUT2D eigenvalue weighted by Crippen LogP contribution is 2.29. The lowest BCUT2D eigenvalue weighted by Crippen LogP contribution is -2.44. The first-order valence-corrected chi connectivity index (χ1v) is 13.8. The Morgan fingerprint density at radius 3 is 2.26 bits per heavy atom. The highest BCUT2D eigenvalue weighted by Gasteiger charge is 2.32. The van der Waals surface area contributed by atoms with E-state index in [1.54, 1.807) is 6.07 Å². The zero-order valence-corrected chi connectivity index (χ0v) is 20.7. The topological polar surface area (TPSA) is 73.0 Å². The van der Waals surface area contributed by atoms with Crippen LogP contribution in [0.4, 0.5) is 11.4 Å². The smallest absolute Gasteiger partial charge is 0.243 e. The Kier molecular flexibility index (Phi) is 6.64. The minimum absolute atomic E-state index is 0.0260. The fraction of sp³-hybridized carbons (Fsp3) is 0.500. The van der Waals surface area contributed by atoms with Crippen LogP contribution >= 0.6 is 0 Å². The van der Waals surface area contributed by atoms with Crippen LogP contribution < -0.4 is 10.2 Å². The molecule has 2 aromatic carbocycles. The molecule has 0 atom stereocenters. The number of nitrogens with one attached hydrogen (secondary N) is 1. The Morgan fingerprint density at radius 1 is 0.882 bits per heavy atom. The van der Waals surface area contributed by atoms with Crippen LogP contribution in [-0.2, 0) is 27.7 Å². The molecule has 0 saturated carbocycles. The summed E-state index contributed by atoms with van der Waals surface area (Å²) in [6.45, 7) is 4.88. The maximum atomic E-state index is 13.2. The lowest BCUT2D eigenvalue weighted by molar-refractivity contribution is -0.120. The molecule has 34 heavy (non-hydrogen) atoms. The largest absolute Gasteiger partial charge is 0.369 e. The van der Waals surface area contributed by atoms with Gasteiger partial charge in [-0.15, -0.1) is 0 Å². The van der Waals surface area contributed by atoms with Gasteiger partial charge in [0.2, 0.25) is 15.9 Å². The summed E-state index contributed by atoms with van der Waals surface area (Å²) in [6, 6.07) is 13.6. The maximum absolute atomic E-state index is 13.2. The van der Waals surface area contributed by atoms with E-state index < -0.39 is 10.0 Å². The summed E-state index contributed by atoms with van der Waals surface area (Å²) < 4.78 is 27.8. The van der Waals surface area contributed by atoms with Gasteiger partial charge in [0.1, 0.15) is 0 Å². The molecule has 182 valence electrons. The molecule has 0 aromatic heterocycles. The molecular weight excluding hydrogens is 448 g/mol. The van der Waals surface area contributed by atoms with Crippen LogP contribution in [0.15, 0.2) is 47.4 Å². The van der Waals surface area contributed by atoms with Gasteiger partial charge in [0.15, 0.2) is 0 Å². The monoisotopic (exact) mass is 482 g/mol. The van der Waals surface area contributed by atoms with Gasteiger partial charge in [-0.3, -0.25) is 4.79 Å². The van der Waals surface area contributed by atoms with Gasteiger partial charge in [-0.2, -0.15) is 4.31 Å². The molecule has 8 heteroatoms. The van der Waals surface area contributed by atoms with Crippen LogP contribution in [0.3, 0.4) is 0 Å². The number of carbonyl (C=O) groups excluding carboxylic acids is 1. The molecule has 2 fully saturated rings. The third kappa shape index (κ3) is 4.85. The number of anilines is 2. The van der Waals surface area contributed by atoms with Crippen molar-refractivity contribution in [2.45, 2.75) is 37.0 Å². The Bertz CT molecular complexity index is 1130. The second-order valence-corrected chi connectivity index (χ2v) is 11.7. The van der Waals surface area contributed by atoms with E-state index in [0.717, 1.165) is 56.7 Å². The van der Waals surface area contributed by atoms with Gasteiger partial charge in [0.05, 0.1) is 4.90 Å². The minimum atomic E-state index is -3.52. The number of amides is 1. The first-order valence-electron chi connectivity index (χ1n) is 12.4. The SMILES string of the molecule is CN1CCN(c2ccc(NC(=O)C3CCN(S(=O)(=O)c4ccc5c(c4)CCC5)CC3)cc2)CC1. The Balaban J connectivity index is 1.15. The van der Waals surface area contributed by atoms with Crippen LogP contribution in [0.2, 0.25) is 0 Å². The standard InChI is InChI=1S/C26H34N4O3S/c1-28-15-17-29(18-16-28)24-8-6-23(7-9-24)27-26(31)21-11-13-30(14-12-21)34(32,33)25-10-5-20-3-2-4-22(20)19-25/h5-10,19,21H,2-4,11-18H2,1H3,(H,27,31). The van der Waals surface area contributed by atoms with Gasteiger partial charge < -0.3 is 15.1 Å². The van der Waals surface area contributed by atoms with Gasteiger partial charge >= 0.3 is 0 Å².